The summed E-state index contributed by atoms with van der Waals surface area (Å²) in [4.78, 5) is 34.1. The summed E-state index contributed by atoms with van der Waals surface area (Å²) in [5.74, 6) is 1.42. The smallest absolute Gasteiger partial charge is 0.289 e. The van der Waals surface area contributed by atoms with Gasteiger partial charge in [0.05, 0.1) is 6.26 Å². The Hall–Kier alpha value is -2.51. The van der Waals surface area contributed by atoms with Gasteiger partial charge < -0.3 is 24.4 Å². The maximum atomic E-state index is 12.4. The summed E-state index contributed by atoms with van der Waals surface area (Å²) in [7, 11) is 3.44. The molecule has 1 aromatic heterocycles. The van der Waals surface area contributed by atoms with Crippen LogP contribution in [-0.4, -0.2) is 85.8 Å². The van der Waals surface area contributed by atoms with Crippen LogP contribution in [0.15, 0.2) is 27.8 Å². The van der Waals surface area contributed by atoms with E-state index in [-0.39, 0.29) is 18.4 Å². The Morgan fingerprint density at radius 3 is 2.42 bits per heavy atom. The largest absolute Gasteiger partial charge is 0.459 e. The van der Waals surface area contributed by atoms with Crippen molar-refractivity contribution >= 4 is 17.8 Å². The zero-order valence-electron chi connectivity index (χ0n) is 16.1. The molecule has 8 heteroatoms. The molecule has 0 atom stereocenters. The summed E-state index contributed by atoms with van der Waals surface area (Å²) in [5, 5.41) is 3.34. The summed E-state index contributed by atoms with van der Waals surface area (Å²) in [6.45, 7) is 7.62. The predicted octanol–water partition coefficient (Wildman–Crippen LogP) is 0.727. The van der Waals surface area contributed by atoms with Gasteiger partial charge in [-0.05, 0) is 18.1 Å². The third-order valence-electron chi connectivity index (χ3n) is 4.13. The number of carbonyl (C=O) groups is 2. The van der Waals surface area contributed by atoms with Crippen molar-refractivity contribution < 1.29 is 14.0 Å². The summed E-state index contributed by atoms with van der Waals surface area (Å²) in [5.41, 5.74) is 0. The van der Waals surface area contributed by atoms with Gasteiger partial charge in [-0.2, -0.15) is 0 Å². The number of likely N-dealkylation sites (N-methyl/N-ethyl adjacent to an activating group) is 1. The van der Waals surface area contributed by atoms with E-state index in [2.05, 4.69) is 29.1 Å². The first kappa shape index (κ1) is 19.8. The van der Waals surface area contributed by atoms with Gasteiger partial charge in [0.25, 0.3) is 5.91 Å². The first-order chi connectivity index (χ1) is 12.4. The molecule has 2 heterocycles. The van der Waals surface area contributed by atoms with E-state index in [0.29, 0.717) is 37.9 Å². The lowest BCUT2D eigenvalue weighted by atomic mass is 10.2. The van der Waals surface area contributed by atoms with Gasteiger partial charge in [0.15, 0.2) is 11.7 Å². The van der Waals surface area contributed by atoms with E-state index in [1.807, 2.05) is 0 Å². The average Bonchev–Trinajstić information content (AvgIpc) is 3.15. The van der Waals surface area contributed by atoms with Crippen LogP contribution < -0.4 is 5.32 Å². The number of carbonyl (C=O) groups excluding carboxylic acids is 2. The minimum Gasteiger partial charge on any atom is -0.459 e. The van der Waals surface area contributed by atoms with Crippen molar-refractivity contribution in [2.45, 2.75) is 13.8 Å². The molecule has 8 nitrogen and oxygen atoms in total. The zero-order chi connectivity index (χ0) is 19.1. The molecule has 2 rings (SSSR count). The number of guanidine groups is 1. The molecule has 1 saturated heterocycles. The predicted molar refractivity (Wildman–Crippen MR) is 100 cm³/mol. The van der Waals surface area contributed by atoms with Crippen molar-refractivity contribution in [3.63, 3.8) is 0 Å². The molecular formula is C18H29N5O3. The number of rotatable bonds is 5. The van der Waals surface area contributed by atoms with Crippen LogP contribution in [0.4, 0.5) is 0 Å². The highest BCUT2D eigenvalue weighted by Crippen LogP contribution is 2.09. The maximum Gasteiger partial charge on any atom is 0.289 e. The van der Waals surface area contributed by atoms with Crippen molar-refractivity contribution in [3.8, 4) is 0 Å². The first-order valence-electron chi connectivity index (χ1n) is 8.94. The fourth-order valence-corrected chi connectivity index (χ4v) is 2.52. The van der Waals surface area contributed by atoms with E-state index < -0.39 is 0 Å². The van der Waals surface area contributed by atoms with Gasteiger partial charge in [0.2, 0.25) is 5.91 Å². The quantitative estimate of drug-likeness (QED) is 0.616. The average molecular weight is 363 g/mol. The van der Waals surface area contributed by atoms with Gasteiger partial charge in [-0.3, -0.25) is 9.59 Å². The Morgan fingerprint density at radius 2 is 1.88 bits per heavy atom. The van der Waals surface area contributed by atoms with Gasteiger partial charge in [0.1, 0.15) is 6.54 Å². The molecule has 144 valence electrons. The van der Waals surface area contributed by atoms with E-state index in [4.69, 9.17) is 4.42 Å². The molecule has 0 aliphatic carbocycles. The molecule has 1 aromatic rings. The number of hydrogen-bond donors (Lipinski definition) is 1. The molecule has 0 radical (unpaired) electrons. The Kier molecular flexibility index (Phi) is 7.06. The van der Waals surface area contributed by atoms with Crippen LogP contribution in [0.5, 0.6) is 0 Å². The molecule has 1 fully saturated rings. The van der Waals surface area contributed by atoms with E-state index in [1.165, 1.54) is 11.2 Å². The number of aliphatic imine (C=N–C) groups is 1. The summed E-state index contributed by atoms with van der Waals surface area (Å²) in [6, 6.07) is 3.39. The fraction of sp³-hybridized carbons (Fsp3) is 0.611. The molecule has 26 heavy (non-hydrogen) atoms. The highest BCUT2D eigenvalue weighted by Gasteiger charge is 2.25. The summed E-state index contributed by atoms with van der Waals surface area (Å²) in [6.07, 6.45) is 1.51. The molecule has 0 bridgehead atoms. The highest BCUT2D eigenvalue weighted by atomic mass is 16.3. The summed E-state index contributed by atoms with van der Waals surface area (Å²) >= 11 is 0. The first-order valence-corrected chi connectivity index (χ1v) is 8.94. The lowest BCUT2D eigenvalue weighted by Crippen LogP contribution is -2.54. The third-order valence-corrected chi connectivity index (χ3v) is 4.13. The lowest BCUT2D eigenvalue weighted by molar-refractivity contribution is -0.127. The molecular weight excluding hydrogens is 334 g/mol. The molecule has 0 spiro atoms. The zero-order valence-corrected chi connectivity index (χ0v) is 16.1. The van der Waals surface area contributed by atoms with E-state index in [0.717, 1.165) is 12.5 Å². The molecule has 0 unspecified atom stereocenters. The Morgan fingerprint density at radius 1 is 1.23 bits per heavy atom. The van der Waals surface area contributed by atoms with Crippen molar-refractivity contribution in [1.82, 2.24) is 20.0 Å². The van der Waals surface area contributed by atoms with Crippen LogP contribution in [0.25, 0.3) is 0 Å². The molecule has 1 aliphatic heterocycles. The Balaban J connectivity index is 1.97. The SMILES string of the molecule is CC(C)CNC(=NCC(=O)N(C)C)N1CCN(C(=O)c2ccco2)CC1. The van der Waals surface area contributed by atoms with Gasteiger partial charge >= 0.3 is 0 Å². The molecule has 1 aliphatic rings. The number of hydrogen-bond acceptors (Lipinski definition) is 4. The van der Waals surface area contributed by atoms with E-state index in [9.17, 15) is 9.59 Å². The minimum absolute atomic E-state index is 0.0412. The monoisotopic (exact) mass is 363 g/mol. The highest BCUT2D eigenvalue weighted by molar-refractivity contribution is 5.91. The second-order valence-corrected chi connectivity index (χ2v) is 6.96. The van der Waals surface area contributed by atoms with Gasteiger partial charge in [-0.25, -0.2) is 4.99 Å². The molecule has 0 aromatic carbocycles. The number of nitrogens with zero attached hydrogens (tertiary/aromatic N) is 4. The van der Waals surface area contributed by atoms with Crippen LogP contribution in [0, 0.1) is 5.92 Å². The topological polar surface area (TPSA) is 81.4 Å². The molecule has 0 saturated carbocycles. The Labute approximate surface area is 154 Å². The molecule has 1 N–H and O–H groups in total. The van der Waals surface area contributed by atoms with Crippen LogP contribution in [0.1, 0.15) is 24.4 Å². The van der Waals surface area contributed by atoms with Crippen LogP contribution in [-0.2, 0) is 4.79 Å². The summed E-state index contributed by atoms with van der Waals surface area (Å²) < 4.78 is 5.19. The van der Waals surface area contributed by atoms with Crippen molar-refractivity contribution in [1.29, 1.82) is 0 Å². The number of piperazine rings is 1. The Bertz CT molecular complexity index is 617. The van der Waals surface area contributed by atoms with Crippen molar-refractivity contribution in [3.05, 3.63) is 24.2 Å². The second-order valence-electron chi connectivity index (χ2n) is 6.96. The number of furan rings is 1. The van der Waals surface area contributed by atoms with Gasteiger partial charge in [-0.1, -0.05) is 13.8 Å². The number of nitrogens with one attached hydrogen (secondary N) is 1. The van der Waals surface area contributed by atoms with Crippen molar-refractivity contribution in [2.24, 2.45) is 10.9 Å². The minimum atomic E-state index is -0.0916. The van der Waals surface area contributed by atoms with Gasteiger partial charge in [-0.15, -0.1) is 0 Å². The van der Waals surface area contributed by atoms with E-state index >= 15 is 0 Å². The fourth-order valence-electron chi connectivity index (χ4n) is 2.52. The van der Waals surface area contributed by atoms with Crippen molar-refractivity contribution in [2.75, 3.05) is 53.4 Å². The second kappa shape index (κ2) is 9.26. The van der Waals surface area contributed by atoms with Crippen LogP contribution in [0.2, 0.25) is 0 Å². The van der Waals surface area contributed by atoms with Crippen LogP contribution >= 0.6 is 0 Å². The van der Waals surface area contributed by atoms with Gasteiger partial charge in [0, 0.05) is 46.8 Å². The normalized spacial score (nSPS) is 15.3. The maximum absolute atomic E-state index is 12.4. The third kappa shape index (κ3) is 5.50. The van der Waals surface area contributed by atoms with Crippen LogP contribution in [0.3, 0.4) is 0 Å². The lowest BCUT2D eigenvalue weighted by Gasteiger charge is -2.36. The van der Waals surface area contributed by atoms with E-state index in [1.54, 1.807) is 31.1 Å². The molecule has 2 amide bonds. The standard InChI is InChI=1S/C18H29N5O3/c1-14(2)12-19-18(20-13-16(24)21(3)4)23-9-7-22(8-10-23)17(25)15-6-5-11-26-15/h5-6,11,14H,7-10,12-13H2,1-4H3,(H,19,20). The number of amides is 2.